The van der Waals surface area contributed by atoms with Gasteiger partial charge in [0.25, 0.3) is 0 Å². The highest BCUT2D eigenvalue weighted by atomic mass is 16.2. The molecule has 2 aliphatic rings. The highest BCUT2D eigenvalue weighted by Gasteiger charge is 2.32. The molecule has 19 heavy (non-hydrogen) atoms. The summed E-state index contributed by atoms with van der Waals surface area (Å²) in [6, 6.07) is 0.712. The minimum atomic E-state index is 0.0238. The van der Waals surface area contributed by atoms with Gasteiger partial charge >= 0.3 is 0 Å². The van der Waals surface area contributed by atoms with Crippen LogP contribution < -0.4 is 10.6 Å². The summed E-state index contributed by atoms with van der Waals surface area (Å²) < 4.78 is 0. The van der Waals surface area contributed by atoms with Crippen molar-refractivity contribution in [3.05, 3.63) is 0 Å². The van der Waals surface area contributed by atoms with Crippen molar-refractivity contribution < 1.29 is 4.79 Å². The maximum atomic E-state index is 12.1. The Morgan fingerprint density at radius 1 is 1.42 bits per heavy atom. The predicted octanol–water partition coefficient (Wildman–Crippen LogP) is 1.37. The Kier molecular flexibility index (Phi) is 5.64. The average Bonchev–Trinajstić information content (AvgIpc) is 2.98. The average molecular weight is 267 g/mol. The van der Waals surface area contributed by atoms with Crippen molar-refractivity contribution in [1.29, 1.82) is 0 Å². The molecule has 2 N–H and O–H groups in total. The summed E-state index contributed by atoms with van der Waals surface area (Å²) in [5, 5.41) is 6.64. The van der Waals surface area contributed by atoms with Gasteiger partial charge in [0, 0.05) is 19.1 Å². The van der Waals surface area contributed by atoms with E-state index in [0.29, 0.717) is 6.04 Å². The summed E-state index contributed by atoms with van der Waals surface area (Å²) in [6.45, 7) is 8.27. The van der Waals surface area contributed by atoms with Crippen LogP contribution in [0.15, 0.2) is 0 Å². The maximum absolute atomic E-state index is 12.1. The quantitative estimate of drug-likeness (QED) is 0.790. The van der Waals surface area contributed by atoms with Crippen LogP contribution in [0.25, 0.3) is 0 Å². The molecule has 2 heterocycles. The second-order valence-corrected chi connectivity index (χ2v) is 6.07. The lowest BCUT2D eigenvalue weighted by Crippen LogP contribution is -2.51. The molecule has 3 atom stereocenters. The third-order valence-electron chi connectivity index (χ3n) is 4.63. The largest absolute Gasteiger partial charge is 0.355 e. The summed E-state index contributed by atoms with van der Waals surface area (Å²) in [5.41, 5.74) is 0. The molecule has 110 valence electrons. The number of carbonyl (C=O) groups is 1. The van der Waals surface area contributed by atoms with Gasteiger partial charge in [0.15, 0.2) is 0 Å². The van der Waals surface area contributed by atoms with Gasteiger partial charge in [-0.1, -0.05) is 6.92 Å². The minimum Gasteiger partial charge on any atom is -0.355 e. The monoisotopic (exact) mass is 267 g/mol. The molecule has 0 spiro atoms. The van der Waals surface area contributed by atoms with Crippen molar-refractivity contribution in [3.8, 4) is 0 Å². The molecule has 0 aromatic heterocycles. The molecule has 0 aromatic rings. The fourth-order valence-electron chi connectivity index (χ4n) is 3.40. The zero-order valence-corrected chi connectivity index (χ0v) is 12.5. The van der Waals surface area contributed by atoms with Crippen LogP contribution in [-0.2, 0) is 4.79 Å². The maximum Gasteiger partial charge on any atom is 0.237 e. The number of hydrogen-bond donors (Lipinski definition) is 2. The van der Waals surface area contributed by atoms with E-state index in [2.05, 4.69) is 29.4 Å². The van der Waals surface area contributed by atoms with E-state index in [-0.39, 0.29) is 11.9 Å². The number of rotatable bonds is 5. The summed E-state index contributed by atoms with van der Waals surface area (Å²) in [5.74, 6) is 0.930. The Bertz CT molecular complexity index is 289. The second-order valence-electron chi connectivity index (χ2n) is 6.07. The molecule has 0 radical (unpaired) electrons. The number of hydrogen-bond acceptors (Lipinski definition) is 3. The molecular formula is C15H29N3O. The van der Waals surface area contributed by atoms with E-state index in [1.165, 1.54) is 32.2 Å². The number of piperidine rings is 1. The number of nitrogens with one attached hydrogen (secondary N) is 2. The predicted molar refractivity (Wildman–Crippen MR) is 78.1 cm³/mol. The van der Waals surface area contributed by atoms with Gasteiger partial charge in [0.2, 0.25) is 5.91 Å². The summed E-state index contributed by atoms with van der Waals surface area (Å²) in [6.07, 6.45) is 6.18. The molecule has 4 heteroatoms. The lowest BCUT2D eigenvalue weighted by atomic mass is 9.89. The van der Waals surface area contributed by atoms with E-state index < -0.39 is 0 Å². The minimum absolute atomic E-state index is 0.0238. The van der Waals surface area contributed by atoms with Gasteiger partial charge in [-0.2, -0.15) is 0 Å². The van der Waals surface area contributed by atoms with E-state index in [4.69, 9.17) is 0 Å². The third kappa shape index (κ3) is 3.93. The fourth-order valence-corrected chi connectivity index (χ4v) is 3.40. The Morgan fingerprint density at radius 2 is 2.26 bits per heavy atom. The van der Waals surface area contributed by atoms with E-state index in [9.17, 15) is 4.79 Å². The van der Waals surface area contributed by atoms with Gasteiger partial charge in [0.05, 0.1) is 6.04 Å². The first kappa shape index (κ1) is 14.8. The van der Waals surface area contributed by atoms with Crippen molar-refractivity contribution in [2.24, 2.45) is 5.92 Å². The van der Waals surface area contributed by atoms with Crippen LogP contribution in [0, 0.1) is 5.92 Å². The number of amides is 1. The van der Waals surface area contributed by atoms with Crippen LogP contribution in [0.4, 0.5) is 0 Å². The molecule has 3 unspecified atom stereocenters. The number of carbonyl (C=O) groups excluding carboxylic acids is 1. The van der Waals surface area contributed by atoms with E-state index in [1.54, 1.807) is 0 Å². The molecular weight excluding hydrogens is 238 g/mol. The van der Waals surface area contributed by atoms with E-state index in [0.717, 1.165) is 32.0 Å². The van der Waals surface area contributed by atoms with Crippen LogP contribution >= 0.6 is 0 Å². The number of likely N-dealkylation sites (tertiary alicyclic amines) is 1. The van der Waals surface area contributed by atoms with E-state index in [1.807, 2.05) is 0 Å². The van der Waals surface area contributed by atoms with Gasteiger partial charge < -0.3 is 10.6 Å². The van der Waals surface area contributed by atoms with Gasteiger partial charge in [-0.05, 0) is 58.0 Å². The first-order valence-electron chi connectivity index (χ1n) is 7.97. The third-order valence-corrected chi connectivity index (χ3v) is 4.63. The van der Waals surface area contributed by atoms with E-state index >= 15 is 0 Å². The van der Waals surface area contributed by atoms with Crippen molar-refractivity contribution in [2.45, 2.75) is 58.0 Å². The van der Waals surface area contributed by atoms with Gasteiger partial charge in [-0.25, -0.2) is 0 Å². The molecule has 2 aliphatic heterocycles. The zero-order chi connectivity index (χ0) is 13.7. The van der Waals surface area contributed by atoms with Crippen LogP contribution in [0.1, 0.15) is 46.0 Å². The molecule has 2 fully saturated rings. The van der Waals surface area contributed by atoms with Crippen molar-refractivity contribution in [2.75, 3.05) is 26.2 Å². The molecule has 0 aliphatic carbocycles. The first-order chi connectivity index (χ1) is 9.22. The SMILES string of the molecule is CCCNC(=O)C(C)N1CCCC(C2CCCN2)C1. The fraction of sp³-hybridized carbons (Fsp3) is 0.933. The van der Waals surface area contributed by atoms with Crippen LogP contribution in [0.2, 0.25) is 0 Å². The molecule has 2 saturated heterocycles. The molecule has 1 amide bonds. The first-order valence-corrected chi connectivity index (χ1v) is 7.97. The zero-order valence-electron chi connectivity index (χ0n) is 12.5. The Morgan fingerprint density at radius 3 is 2.95 bits per heavy atom. The van der Waals surface area contributed by atoms with Crippen LogP contribution in [0.3, 0.4) is 0 Å². The lowest BCUT2D eigenvalue weighted by Gasteiger charge is -2.38. The second kappa shape index (κ2) is 7.25. The summed E-state index contributed by atoms with van der Waals surface area (Å²) in [7, 11) is 0. The van der Waals surface area contributed by atoms with Crippen molar-refractivity contribution in [1.82, 2.24) is 15.5 Å². The molecule has 0 saturated carbocycles. The molecule has 4 nitrogen and oxygen atoms in total. The summed E-state index contributed by atoms with van der Waals surface area (Å²) >= 11 is 0. The normalized spacial score (nSPS) is 30.2. The Hall–Kier alpha value is -0.610. The van der Waals surface area contributed by atoms with Crippen LogP contribution in [0.5, 0.6) is 0 Å². The molecule has 0 aromatic carbocycles. The summed E-state index contributed by atoms with van der Waals surface area (Å²) in [4.78, 5) is 14.4. The standard InChI is InChI=1S/C15H29N3O/c1-3-8-17-15(19)12(2)18-10-5-6-13(11-18)14-7-4-9-16-14/h12-14,16H,3-11H2,1-2H3,(H,17,19). The van der Waals surface area contributed by atoms with Gasteiger partial charge in [-0.3, -0.25) is 9.69 Å². The highest BCUT2D eigenvalue weighted by molar-refractivity contribution is 5.81. The van der Waals surface area contributed by atoms with Gasteiger partial charge in [-0.15, -0.1) is 0 Å². The van der Waals surface area contributed by atoms with Crippen molar-refractivity contribution in [3.63, 3.8) is 0 Å². The Labute approximate surface area is 117 Å². The number of nitrogens with zero attached hydrogens (tertiary/aromatic N) is 1. The Balaban J connectivity index is 1.83. The smallest absolute Gasteiger partial charge is 0.237 e. The van der Waals surface area contributed by atoms with Crippen molar-refractivity contribution >= 4 is 5.91 Å². The lowest BCUT2D eigenvalue weighted by molar-refractivity contribution is -0.126. The molecule has 0 bridgehead atoms. The highest BCUT2D eigenvalue weighted by Crippen LogP contribution is 2.25. The van der Waals surface area contributed by atoms with Crippen LogP contribution in [-0.4, -0.2) is 49.1 Å². The molecule has 2 rings (SSSR count). The topological polar surface area (TPSA) is 44.4 Å². The van der Waals surface area contributed by atoms with Gasteiger partial charge in [0.1, 0.15) is 0 Å².